The summed E-state index contributed by atoms with van der Waals surface area (Å²) in [5.41, 5.74) is 0.722. The second-order valence-electron chi connectivity index (χ2n) is 7.74. The third-order valence-electron chi connectivity index (χ3n) is 5.62. The minimum Gasteiger partial charge on any atom is -0.493 e. The first kappa shape index (κ1) is 22.1. The van der Waals surface area contributed by atoms with Crippen molar-refractivity contribution in [3.05, 3.63) is 72.7 Å². The molecule has 0 saturated heterocycles. The molecule has 1 aromatic heterocycles. The van der Waals surface area contributed by atoms with Gasteiger partial charge >= 0.3 is 0 Å². The molecule has 0 aliphatic heterocycles. The van der Waals surface area contributed by atoms with Crippen molar-refractivity contribution in [2.75, 3.05) is 6.61 Å². The van der Waals surface area contributed by atoms with Crippen LogP contribution in [0.15, 0.2) is 50.8 Å². The van der Waals surface area contributed by atoms with Gasteiger partial charge in [0.05, 0.1) is 28.6 Å². The molecule has 0 atom stereocenters. The molecule has 0 N–H and O–H groups in total. The van der Waals surface area contributed by atoms with Gasteiger partial charge in [-0.05, 0) is 44.0 Å². The van der Waals surface area contributed by atoms with E-state index in [-0.39, 0.29) is 17.2 Å². The average Bonchev–Trinajstić information content (AvgIpc) is 2.80. The van der Waals surface area contributed by atoms with Gasteiger partial charge in [-0.25, -0.2) is 4.98 Å². The summed E-state index contributed by atoms with van der Waals surface area (Å²) >= 11 is 3.42. The summed E-state index contributed by atoms with van der Waals surface area (Å²) < 4.78 is 7.73. The number of benzene rings is 2. The van der Waals surface area contributed by atoms with E-state index < -0.39 is 4.92 Å². The van der Waals surface area contributed by atoms with E-state index in [0.29, 0.717) is 34.6 Å². The third-order valence-corrected chi connectivity index (χ3v) is 6.11. The minimum atomic E-state index is -0.470. The summed E-state index contributed by atoms with van der Waals surface area (Å²) in [4.78, 5) is 29.0. The van der Waals surface area contributed by atoms with Gasteiger partial charge in [0.1, 0.15) is 11.6 Å². The fourth-order valence-electron chi connectivity index (χ4n) is 4.06. The first-order valence-electron chi connectivity index (χ1n) is 10.7. The van der Waals surface area contributed by atoms with E-state index in [9.17, 15) is 14.9 Å². The molecule has 166 valence electrons. The molecular formula is C23H23BrN4O4. The van der Waals surface area contributed by atoms with E-state index in [2.05, 4.69) is 21.0 Å². The van der Waals surface area contributed by atoms with E-state index in [1.165, 1.54) is 29.4 Å². The highest BCUT2D eigenvalue weighted by atomic mass is 79.9. The Morgan fingerprint density at radius 1 is 1.25 bits per heavy atom. The van der Waals surface area contributed by atoms with Crippen molar-refractivity contribution < 1.29 is 9.66 Å². The van der Waals surface area contributed by atoms with Crippen LogP contribution in [0.3, 0.4) is 0 Å². The first-order chi connectivity index (χ1) is 15.5. The Kier molecular flexibility index (Phi) is 6.64. The number of halogens is 1. The lowest BCUT2D eigenvalue weighted by Crippen LogP contribution is -2.25. The summed E-state index contributed by atoms with van der Waals surface area (Å²) in [6, 6.07) is 9.76. The van der Waals surface area contributed by atoms with Crippen molar-refractivity contribution in [1.82, 2.24) is 9.66 Å². The van der Waals surface area contributed by atoms with Gasteiger partial charge in [-0.1, -0.05) is 35.2 Å². The second kappa shape index (κ2) is 9.60. The maximum Gasteiger partial charge on any atom is 0.282 e. The molecule has 4 rings (SSSR count). The zero-order valence-electron chi connectivity index (χ0n) is 17.7. The molecular weight excluding hydrogens is 476 g/mol. The molecule has 8 nitrogen and oxygen atoms in total. The van der Waals surface area contributed by atoms with Crippen molar-refractivity contribution in [2.45, 2.75) is 44.9 Å². The molecule has 0 bridgehead atoms. The van der Waals surface area contributed by atoms with Crippen LogP contribution in [0.2, 0.25) is 0 Å². The summed E-state index contributed by atoms with van der Waals surface area (Å²) in [5, 5.41) is 16.2. The number of nitro benzene ring substituents is 1. The van der Waals surface area contributed by atoms with E-state index in [4.69, 9.17) is 9.72 Å². The number of hydrogen-bond donors (Lipinski definition) is 0. The molecule has 1 aliphatic rings. The summed E-state index contributed by atoms with van der Waals surface area (Å²) in [5.74, 6) is 1.23. The lowest BCUT2D eigenvalue weighted by Gasteiger charge is -2.22. The maximum atomic E-state index is 13.4. The molecule has 1 aliphatic carbocycles. The van der Waals surface area contributed by atoms with E-state index in [0.717, 1.165) is 30.2 Å². The average molecular weight is 499 g/mol. The monoisotopic (exact) mass is 498 g/mol. The number of nitrogens with zero attached hydrogens (tertiary/aromatic N) is 4. The van der Waals surface area contributed by atoms with Crippen molar-refractivity contribution >= 4 is 38.7 Å². The lowest BCUT2D eigenvalue weighted by atomic mass is 9.88. The molecule has 32 heavy (non-hydrogen) atoms. The number of rotatable bonds is 6. The Hall–Kier alpha value is -3.07. The Morgan fingerprint density at radius 3 is 2.75 bits per heavy atom. The highest BCUT2D eigenvalue weighted by Gasteiger charge is 2.22. The van der Waals surface area contributed by atoms with Gasteiger partial charge in [0.25, 0.3) is 11.2 Å². The van der Waals surface area contributed by atoms with Crippen LogP contribution in [0.1, 0.15) is 56.3 Å². The van der Waals surface area contributed by atoms with Gasteiger partial charge in [-0.2, -0.15) is 9.78 Å². The highest BCUT2D eigenvalue weighted by Crippen LogP contribution is 2.32. The fraction of sp³-hybridized carbons (Fsp3) is 0.348. The van der Waals surface area contributed by atoms with Crippen molar-refractivity contribution in [3.63, 3.8) is 0 Å². The Balaban J connectivity index is 1.87. The molecule has 0 amide bonds. The molecule has 1 saturated carbocycles. The lowest BCUT2D eigenvalue weighted by molar-refractivity contribution is -0.384. The zero-order chi connectivity index (χ0) is 22.7. The fourth-order valence-corrected chi connectivity index (χ4v) is 4.42. The van der Waals surface area contributed by atoms with Gasteiger partial charge in [0.2, 0.25) is 0 Å². The topological polar surface area (TPSA) is 99.6 Å². The zero-order valence-corrected chi connectivity index (χ0v) is 19.2. The number of ether oxygens (including phenoxy) is 1. The molecule has 9 heteroatoms. The van der Waals surface area contributed by atoms with Gasteiger partial charge in [-0.3, -0.25) is 14.9 Å². The quantitative estimate of drug-likeness (QED) is 0.257. The smallest absolute Gasteiger partial charge is 0.282 e. The van der Waals surface area contributed by atoms with E-state index in [1.54, 1.807) is 12.1 Å². The van der Waals surface area contributed by atoms with Crippen LogP contribution in [0.5, 0.6) is 5.75 Å². The van der Waals surface area contributed by atoms with Crippen LogP contribution in [-0.4, -0.2) is 27.4 Å². The number of nitro groups is 1. The minimum absolute atomic E-state index is 0.0738. The third kappa shape index (κ3) is 4.57. The van der Waals surface area contributed by atoms with Crippen LogP contribution >= 0.6 is 15.9 Å². The van der Waals surface area contributed by atoms with Crippen LogP contribution in [-0.2, 0) is 0 Å². The van der Waals surface area contributed by atoms with Gasteiger partial charge in [0.15, 0.2) is 0 Å². The van der Waals surface area contributed by atoms with Gasteiger partial charge in [-0.15, -0.1) is 0 Å². The van der Waals surface area contributed by atoms with Crippen molar-refractivity contribution in [3.8, 4) is 5.75 Å². The molecule has 0 unspecified atom stereocenters. The summed E-state index contributed by atoms with van der Waals surface area (Å²) in [6.07, 6.45) is 6.69. The van der Waals surface area contributed by atoms with E-state index in [1.807, 2.05) is 19.1 Å². The van der Waals surface area contributed by atoms with Crippen molar-refractivity contribution in [2.24, 2.45) is 5.10 Å². The van der Waals surface area contributed by atoms with Crippen LogP contribution in [0.4, 0.5) is 5.69 Å². The van der Waals surface area contributed by atoms with Gasteiger partial charge in [0, 0.05) is 28.1 Å². The normalized spacial score (nSPS) is 14.8. The Bertz CT molecular complexity index is 1250. The molecule has 2 aromatic carbocycles. The largest absolute Gasteiger partial charge is 0.493 e. The number of hydrogen-bond acceptors (Lipinski definition) is 6. The Morgan fingerprint density at radius 2 is 2.03 bits per heavy atom. The standard InChI is InChI=1S/C23H23BrN4O4/c1-2-32-21-11-9-18(28(30)31)12-16(21)14-25-27-22(15-6-4-3-5-7-15)26-20-10-8-17(24)13-19(20)23(27)29/h8-15H,2-7H2,1H3. The first-order valence-corrected chi connectivity index (χ1v) is 11.4. The summed E-state index contributed by atoms with van der Waals surface area (Å²) in [7, 11) is 0. The Labute approximate surface area is 193 Å². The summed E-state index contributed by atoms with van der Waals surface area (Å²) in [6.45, 7) is 2.23. The van der Waals surface area contributed by atoms with E-state index >= 15 is 0 Å². The number of non-ortho nitro benzene ring substituents is 1. The number of fused-ring (bicyclic) bond motifs is 1. The molecule has 0 spiro atoms. The predicted molar refractivity (Wildman–Crippen MR) is 127 cm³/mol. The highest BCUT2D eigenvalue weighted by molar-refractivity contribution is 9.10. The van der Waals surface area contributed by atoms with Crippen molar-refractivity contribution in [1.29, 1.82) is 0 Å². The van der Waals surface area contributed by atoms with Crippen LogP contribution in [0, 0.1) is 10.1 Å². The number of aromatic nitrogens is 2. The van der Waals surface area contributed by atoms with Gasteiger partial charge < -0.3 is 4.74 Å². The molecule has 0 radical (unpaired) electrons. The van der Waals surface area contributed by atoms with Crippen LogP contribution in [0.25, 0.3) is 10.9 Å². The SMILES string of the molecule is CCOc1ccc([N+](=O)[O-])cc1C=Nn1c(C2CCCCC2)nc2ccc(Br)cc2c1=O. The van der Waals surface area contributed by atoms with Crippen LogP contribution < -0.4 is 10.3 Å². The molecule has 1 heterocycles. The molecule has 1 fully saturated rings. The predicted octanol–water partition coefficient (Wildman–Crippen LogP) is 5.40. The molecule has 3 aromatic rings. The second-order valence-corrected chi connectivity index (χ2v) is 8.66. The maximum absolute atomic E-state index is 13.4.